The predicted octanol–water partition coefficient (Wildman–Crippen LogP) is 1.78. The predicted molar refractivity (Wildman–Crippen MR) is 73.0 cm³/mol. The van der Waals surface area contributed by atoms with Crippen molar-refractivity contribution in [3.8, 4) is 0 Å². The Bertz CT molecular complexity index is 422. The van der Waals surface area contributed by atoms with Gasteiger partial charge in [-0.25, -0.2) is 14.6 Å². The Morgan fingerprint density at radius 2 is 2.26 bits per heavy atom. The van der Waals surface area contributed by atoms with Gasteiger partial charge in [-0.05, 0) is 5.92 Å². The van der Waals surface area contributed by atoms with Crippen molar-refractivity contribution in [2.45, 2.75) is 32.9 Å². The fourth-order valence-corrected chi connectivity index (χ4v) is 2.11. The monoisotopic (exact) mass is 285 g/mol. The molecule has 0 saturated heterocycles. The second kappa shape index (κ2) is 7.08. The number of aromatic nitrogens is 1. The minimum Gasteiger partial charge on any atom is -0.480 e. The highest BCUT2D eigenvalue weighted by atomic mass is 32.1. The molecule has 0 fully saturated rings. The highest BCUT2D eigenvalue weighted by molar-refractivity contribution is 7.07. The highest BCUT2D eigenvalue weighted by Crippen LogP contribution is 2.09. The number of amides is 2. The number of nitrogens with one attached hydrogen (secondary N) is 1. The molecule has 6 nitrogen and oxygen atoms in total. The van der Waals surface area contributed by atoms with Crippen LogP contribution in [0.15, 0.2) is 10.9 Å². The Kier molecular flexibility index (Phi) is 5.75. The van der Waals surface area contributed by atoms with Gasteiger partial charge in [0.15, 0.2) is 0 Å². The molecule has 0 aromatic carbocycles. The second-order valence-corrected chi connectivity index (χ2v) is 5.21. The average molecular weight is 285 g/mol. The number of thiazole rings is 1. The van der Waals surface area contributed by atoms with Gasteiger partial charge in [-0.2, -0.15) is 0 Å². The Morgan fingerprint density at radius 3 is 2.74 bits per heavy atom. The zero-order chi connectivity index (χ0) is 14.4. The average Bonchev–Trinajstić information content (AvgIpc) is 2.86. The molecular formula is C12H19N3O3S. The molecule has 2 N–H and O–H groups in total. The van der Waals surface area contributed by atoms with Crippen LogP contribution in [0, 0.1) is 5.92 Å². The van der Waals surface area contributed by atoms with Gasteiger partial charge in [0.25, 0.3) is 0 Å². The van der Waals surface area contributed by atoms with Crippen molar-refractivity contribution >= 4 is 23.3 Å². The zero-order valence-electron chi connectivity index (χ0n) is 11.3. The van der Waals surface area contributed by atoms with Crippen LogP contribution >= 0.6 is 11.3 Å². The molecule has 1 heterocycles. The van der Waals surface area contributed by atoms with Gasteiger partial charge >= 0.3 is 12.0 Å². The van der Waals surface area contributed by atoms with Crippen molar-refractivity contribution in [3.63, 3.8) is 0 Å². The molecule has 0 aliphatic rings. The van der Waals surface area contributed by atoms with Crippen molar-refractivity contribution in [2.24, 2.45) is 5.92 Å². The molecule has 19 heavy (non-hydrogen) atoms. The lowest BCUT2D eigenvalue weighted by Crippen LogP contribution is -2.49. The summed E-state index contributed by atoms with van der Waals surface area (Å²) in [4.78, 5) is 28.6. The molecule has 0 radical (unpaired) electrons. The van der Waals surface area contributed by atoms with Gasteiger partial charge in [-0.3, -0.25) is 0 Å². The number of carboxylic acid groups (broad SMARTS) is 1. The summed E-state index contributed by atoms with van der Waals surface area (Å²) in [5.41, 5.74) is 2.48. The van der Waals surface area contributed by atoms with Crippen molar-refractivity contribution in [1.29, 1.82) is 0 Å². The van der Waals surface area contributed by atoms with E-state index in [0.717, 1.165) is 5.69 Å². The van der Waals surface area contributed by atoms with Crippen LogP contribution in [-0.2, 0) is 11.3 Å². The Labute approximate surface area is 116 Å². The maximum Gasteiger partial charge on any atom is 0.326 e. The number of nitrogens with zero attached hydrogens (tertiary/aromatic N) is 2. The van der Waals surface area contributed by atoms with Crippen LogP contribution in [0.5, 0.6) is 0 Å². The van der Waals surface area contributed by atoms with Gasteiger partial charge in [0, 0.05) is 12.4 Å². The SMILES string of the molecule is CCC(C)[C@H](NC(=O)N(C)Cc1cscn1)C(=O)O. The van der Waals surface area contributed by atoms with Gasteiger partial charge in [0.2, 0.25) is 0 Å². The van der Waals surface area contributed by atoms with E-state index in [4.69, 9.17) is 5.11 Å². The third-order valence-corrected chi connectivity index (χ3v) is 3.62. The minimum atomic E-state index is -1.01. The normalized spacial score (nSPS) is 13.6. The number of hydrogen-bond acceptors (Lipinski definition) is 4. The fraction of sp³-hybridized carbons (Fsp3) is 0.583. The molecule has 106 valence electrons. The lowest BCUT2D eigenvalue weighted by atomic mass is 9.99. The van der Waals surface area contributed by atoms with Gasteiger partial charge in [-0.1, -0.05) is 20.3 Å². The maximum atomic E-state index is 11.9. The maximum absolute atomic E-state index is 11.9. The fourth-order valence-electron chi connectivity index (χ4n) is 1.56. The van der Waals surface area contributed by atoms with Crippen LogP contribution in [0.1, 0.15) is 26.0 Å². The van der Waals surface area contributed by atoms with E-state index in [1.54, 1.807) is 19.5 Å². The van der Waals surface area contributed by atoms with E-state index in [2.05, 4.69) is 10.3 Å². The van der Waals surface area contributed by atoms with E-state index in [1.807, 2.05) is 12.3 Å². The van der Waals surface area contributed by atoms with E-state index >= 15 is 0 Å². The molecule has 7 heteroatoms. The van der Waals surface area contributed by atoms with E-state index in [0.29, 0.717) is 13.0 Å². The number of aliphatic carboxylic acids is 1. The number of carbonyl (C=O) groups is 2. The smallest absolute Gasteiger partial charge is 0.326 e. The summed E-state index contributed by atoms with van der Waals surface area (Å²) < 4.78 is 0. The third-order valence-electron chi connectivity index (χ3n) is 2.99. The summed E-state index contributed by atoms with van der Waals surface area (Å²) in [6.45, 7) is 4.06. The Balaban J connectivity index is 2.58. The third kappa shape index (κ3) is 4.51. The van der Waals surface area contributed by atoms with Gasteiger partial charge in [-0.15, -0.1) is 11.3 Å². The lowest BCUT2D eigenvalue weighted by Gasteiger charge is -2.24. The van der Waals surface area contributed by atoms with E-state index in [-0.39, 0.29) is 5.92 Å². The number of carbonyl (C=O) groups excluding carboxylic acids is 1. The van der Waals surface area contributed by atoms with Crippen LogP contribution in [-0.4, -0.2) is 40.1 Å². The molecule has 0 bridgehead atoms. The number of hydrogen-bond donors (Lipinski definition) is 2. The highest BCUT2D eigenvalue weighted by Gasteiger charge is 2.26. The first-order valence-electron chi connectivity index (χ1n) is 6.07. The van der Waals surface area contributed by atoms with E-state index < -0.39 is 18.0 Å². The van der Waals surface area contributed by atoms with Crippen LogP contribution in [0.25, 0.3) is 0 Å². The molecule has 1 aromatic heterocycles. The van der Waals surface area contributed by atoms with E-state index in [1.165, 1.54) is 16.2 Å². The molecule has 0 aliphatic heterocycles. The Morgan fingerprint density at radius 1 is 1.58 bits per heavy atom. The van der Waals surface area contributed by atoms with Crippen molar-refractivity contribution in [1.82, 2.24) is 15.2 Å². The summed E-state index contributed by atoms with van der Waals surface area (Å²) in [6.07, 6.45) is 0.688. The molecule has 0 saturated carbocycles. The standard InChI is InChI=1S/C12H19N3O3S/c1-4-8(2)10(11(16)17)14-12(18)15(3)5-9-6-19-7-13-9/h6-8,10H,4-5H2,1-3H3,(H,14,18)(H,16,17)/t8?,10-/m0/s1. The zero-order valence-corrected chi connectivity index (χ0v) is 12.1. The first kappa shape index (κ1) is 15.4. The van der Waals surface area contributed by atoms with Crippen molar-refractivity contribution < 1.29 is 14.7 Å². The summed E-state index contributed by atoms with van der Waals surface area (Å²) in [6, 6.07) is -1.27. The van der Waals surface area contributed by atoms with Crippen LogP contribution < -0.4 is 5.32 Å². The Hall–Kier alpha value is -1.63. The molecule has 1 aromatic rings. The summed E-state index contributed by atoms with van der Waals surface area (Å²) in [7, 11) is 1.62. The van der Waals surface area contributed by atoms with Crippen LogP contribution in [0.2, 0.25) is 0 Å². The quantitative estimate of drug-likeness (QED) is 0.834. The molecule has 0 spiro atoms. The number of rotatable bonds is 6. The van der Waals surface area contributed by atoms with Gasteiger partial charge < -0.3 is 15.3 Å². The van der Waals surface area contributed by atoms with Crippen LogP contribution in [0.4, 0.5) is 4.79 Å². The van der Waals surface area contributed by atoms with Crippen LogP contribution in [0.3, 0.4) is 0 Å². The number of urea groups is 1. The first-order chi connectivity index (χ1) is 8.95. The van der Waals surface area contributed by atoms with Crippen molar-refractivity contribution in [2.75, 3.05) is 7.05 Å². The largest absolute Gasteiger partial charge is 0.480 e. The second-order valence-electron chi connectivity index (χ2n) is 4.49. The minimum absolute atomic E-state index is 0.117. The first-order valence-corrected chi connectivity index (χ1v) is 7.01. The van der Waals surface area contributed by atoms with Gasteiger partial charge in [0.05, 0.1) is 17.7 Å². The lowest BCUT2D eigenvalue weighted by molar-refractivity contribution is -0.140. The van der Waals surface area contributed by atoms with E-state index in [9.17, 15) is 9.59 Å². The van der Waals surface area contributed by atoms with Crippen molar-refractivity contribution in [3.05, 3.63) is 16.6 Å². The molecule has 2 atom stereocenters. The number of carboxylic acids is 1. The molecule has 1 unspecified atom stereocenters. The summed E-state index contributed by atoms with van der Waals surface area (Å²) in [5.74, 6) is -1.13. The van der Waals surface area contributed by atoms with Gasteiger partial charge in [0.1, 0.15) is 6.04 Å². The summed E-state index contributed by atoms with van der Waals surface area (Å²) >= 11 is 1.46. The molecule has 0 aliphatic carbocycles. The summed E-state index contributed by atoms with van der Waals surface area (Å²) in [5, 5.41) is 13.5. The molecule has 1 rings (SSSR count). The molecule has 2 amide bonds. The molecular weight excluding hydrogens is 266 g/mol. The topological polar surface area (TPSA) is 82.5 Å².